The highest BCUT2D eigenvalue weighted by Crippen LogP contribution is 2.25. The van der Waals surface area contributed by atoms with Gasteiger partial charge in [-0.3, -0.25) is 10.6 Å². The second-order valence-electron chi connectivity index (χ2n) is 6.93. The third kappa shape index (κ3) is 9.51. The molecule has 2 unspecified atom stereocenters. The normalized spacial score (nSPS) is 13.7. The van der Waals surface area contributed by atoms with E-state index in [1.165, 1.54) is 25.7 Å². The smallest absolute Gasteiger partial charge is 0.128 e. The van der Waals surface area contributed by atoms with Gasteiger partial charge in [-0.1, -0.05) is 45.1 Å². The first-order valence-corrected chi connectivity index (χ1v) is 9.90. The number of benzene rings is 1. The summed E-state index contributed by atoms with van der Waals surface area (Å²) in [5.74, 6) is 0.0922. The molecular weight excluding hydrogens is 348 g/mol. The van der Waals surface area contributed by atoms with Crippen LogP contribution in [-0.2, 0) is 19.5 Å². The molecule has 0 saturated heterocycles. The Kier molecular flexibility index (Phi) is 12.2. The summed E-state index contributed by atoms with van der Waals surface area (Å²) < 4.78 is 0. The lowest BCUT2D eigenvalue weighted by atomic mass is 9.97. The molecule has 1 aromatic rings. The number of hydrogen-bond acceptors (Lipinski definition) is 7. The van der Waals surface area contributed by atoms with Crippen LogP contribution in [0.4, 0.5) is 0 Å². The van der Waals surface area contributed by atoms with E-state index in [0.29, 0.717) is 12.1 Å². The van der Waals surface area contributed by atoms with Gasteiger partial charge in [0.15, 0.2) is 0 Å². The van der Waals surface area contributed by atoms with E-state index in [1.807, 2.05) is 6.07 Å². The van der Waals surface area contributed by atoms with Crippen LogP contribution in [0.1, 0.15) is 62.1 Å². The van der Waals surface area contributed by atoms with Gasteiger partial charge in [-0.15, -0.1) is 0 Å². The van der Waals surface area contributed by atoms with Gasteiger partial charge in [0.1, 0.15) is 18.2 Å². The molecule has 0 aromatic heterocycles. The second kappa shape index (κ2) is 13.9. The molecule has 7 heteroatoms. The summed E-state index contributed by atoms with van der Waals surface area (Å²) in [5, 5.41) is 52.7. The highest BCUT2D eigenvalue weighted by molar-refractivity contribution is 5.42. The molecule has 0 heterocycles. The second-order valence-corrected chi connectivity index (χ2v) is 6.93. The molecule has 2 atom stereocenters. The topological polar surface area (TPSA) is 125 Å². The van der Waals surface area contributed by atoms with Crippen LogP contribution < -0.4 is 10.6 Å². The Hall–Kier alpha value is -1.22. The Labute approximate surface area is 162 Å². The van der Waals surface area contributed by atoms with Gasteiger partial charge in [0, 0.05) is 18.7 Å². The van der Waals surface area contributed by atoms with Gasteiger partial charge < -0.3 is 25.5 Å². The number of aromatic hydroxyl groups is 1. The number of hydrogen-bond donors (Lipinski definition) is 7. The number of phenolic OH excluding ortho intramolecular Hbond substituents is 1. The zero-order valence-corrected chi connectivity index (χ0v) is 16.3. The quantitative estimate of drug-likeness (QED) is 0.178. The van der Waals surface area contributed by atoms with Crippen molar-refractivity contribution in [1.29, 1.82) is 0 Å². The van der Waals surface area contributed by atoms with Crippen LogP contribution in [0.15, 0.2) is 12.1 Å². The van der Waals surface area contributed by atoms with Crippen LogP contribution in [0.2, 0.25) is 0 Å². The predicted molar refractivity (Wildman–Crippen MR) is 105 cm³/mol. The molecule has 1 aromatic carbocycles. The van der Waals surface area contributed by atoms with Gasteiger partial charge >= 0.3 is 0 Å². The number of aliphatic hydroxyl groups is 4. The average Bonchev–Trinajstić information content (AvgIpc) is 2.68. The van der Waals surface area contributed by atoms with Crippen LogP contribution in [-0.4, -0.2) is 51.2 Å². The van der Waals surface area contributed by atoms with Crippen molar-refractivity contribution in [3.8, 4) is 5.75 Å². The average molecular weight is 385 g/mol. The van der Waals surface area contributed by atoms with Crippen molar-refractivity contribution in [2.24, 2.45) is 0 Å². The summed E-state index contributed by atoms with van der Waals surface area (Å²) in [6.07, 6.45) is 5.93. The number of aryl methyl sites for hydroxylation is 1. The van der Waals surface area contributed by atoms with Crippen molar-refractivity contribution in [2.45, 2.75) is 77.4 Å². The maximum atomic E-state index is 10.3. The largest absolute Gasteiger partial charge is 0.508 e. The highest BCUT2D eigenvalue weighted by atomic mass is 16.3. The summed E-state index contributed by atoms with van der Waals surface area (Å²) >= 11 is 0. The fourth-order valence-electron chi connectivity index (χ4n) is 2.95. The van der Waals surface area contributed by atoms with Crippen LogP contribution in [0.5, 0.6) is 5.75 Å². The molecule has 0 fully saturated rings. The molecule has 0 radical (unpaired) electrons. The molecule has 0 amide bonds. The number of phenols is 1. The van der Waals surface area contributed by atoms with Gasteiger partial charge in [-0.25, -0.2) is 0 Å². The molecule has 0 spiro atoms. The number of rotatable bonds is 15. The molecule has 27 heavy (non-hydrogen) atoms. The van der Waals surface area contributed by atoms with Crippen LogP contribution in [0.3, 0.4) is 0 Å². The minimum atomic E-state index is -1.03. The Morgan fingerprint density at radius 1 is 0.778 bits per heavy atom. The van der Waals surface area contributed by atoms with Crippen molar-refractivity contribution >= 4 is 0 Å². The Morgan fingerprint density at radius 2 is 1.33 bits per heavy atom. The van der Waals surface area contributed by atoms with Crippen molar-refractivity contribution in [2.75, 3.05) is 13.2 Å². The van der Waals surface area contributed by atoms with E-state index in [4.69, 9.17) is 10.2 Å². The third-order valence-corrected chi connectivity index (χ3v) is 4.60. The van der Waals surface area contributed by atoms with Crippen LogP contribution in [0.25, 0.3) is 0 Å². The first kappa shape index (κ1) is 23.8. The predicted octanol–water partition coefficient (Wildman–Crippen LogP) is 1.10. The molecule has 0 saturated carbocycles. The highest BCUT2D eigenvalue weighted by Gasteiger charge is 2.12. The van der Waals surface area contributed by atoms with Crippen molar-refractivity contribution in [3.05, 3.63) is 28.8 Å². The van der Waals surface area contributed by atoms with Crippen LogP contribution >= 0.6 is 0 Å². The Morgan fingerprint density at radius 3 is 1.93 bits per heavy atom. The van der Waals surface area contributed by atoms with Gasteiger partial charge in [0.05, 0.1) is 13.2 Å². The first-order chi connectivity index (χ1) is 13.0. The zero-order valence-electron chi connectivity index (χ0n) is 16.3. The summed E-state index contributed by atoms with van der Waals surface area (Å²) in [6.45, 7) is 2.00. The van der Waals surface area contributed by atoms with Crippen molar-refractivity contribution < 1.29 is 25.5 Å². The molecule has 7 nitrogen and oxygen atoms in total. The lowest BCUT2D eigenvalue weighted by molar-refractivity contribution is 0.0661. The molecule has 0 aliphatic rings. The molecule has 7 N–H and O–H groups in total. The van der Waals surface area contributed by atoms with Crippen LogP contribution in [0, 0.1) is 0 Å². The SMILES string of the molecule is CCCCCCCCc1cc(CNC(O)CO)c(O)cc1CNC(O)CO. The van der Waals surface area contributed by atoms with E-state index in [0.717, 1.165) is 30.4 Å². The Balaban J connectivity index is 2.77. The van der Waals surface area contributed by atoms with E-state index in [9.17, 15) is 15.3 Å². The van der Waals surface area contributed by atoms with Gasteiger partial charge in [-0.2, -0.15) is 0 Å². The number of aliphatic hydroxyl groups excluding tert-OH is 4. The summed E-state index contributed by atoms with van der Waals surface area (Å²) in [5.41, 5.74) is 2.59. The summed E-state index contributed by atoms with van der Waals surface area (Å²) in [7, 11) is 0. The fraction of sp³-hybridized carbons (Fsp3) is 0.700. The number of nitrogens with one attached hydrogen (secondary N) is 2. The minimum absolute atomic E-state index is 0.0922. The summed E-state index contributed by atoms with van der Waals surface area (Å²) in [6, 6.07) is 3.56. The van der Waals surface area contributed by atoms with E-state index < -0.39 is 19.1 Å². The molecule has 0 aliphatic carbocycles. The minimum Gasteiger partial charge on any atom is -0.508 e. The molecule has 1 rings (SSSR count). The van der Waals surface area contributed by atoms with Crippen molar-refractivity contribution in [1.82, 2.24) is 10.6 Å². The molecule has 0 aliphatic heterocycles. The molecular formula is C20H36N2O5. The monoisotopic (exact) mass is 384 g/mol. The number of unbranched alkanes of at least 4 members (excludes halogenated alkanes) is 5. The van der Waals surface area contributed by atoms with E-state index in [1.54, 1.807) is 6.07 Å². The van der Waals surface area contributed by atoms with Crippen molar-refractivity contribution in [3.63, 3.8) is 0 Å². The lowest BCUT2D eigenvalue weighted by Gasteiger charge is -2.17. The third-order valence-electron chi connectivity index (χ3n) is 4.60. The summed E-state index contributed by atoms with van der Waals surface area (Å²) in [4.78, 5) is 0. The zero-order chi connectivity index (χ0) is 20.1. The van der Waals surface area contributed by atoms with E-state index in [-0.39, 0.29) is 18.9 Å². The van der Waals surface area contributed by atoms with E-state index in [2.05, 4.69) is 17.6 Å². The molecule has 156 valence electrons. The Bertz CT molecular complexity index is 527. The fourth-order valence-corrected chi connectivity index (χ4v) is 2.95. The van der Waals surface area contributed by atoms with E-state index >= 15 is 0 Å². The maximum Gasteiger partial charge on any atom is 0.128 e. The lowest BCUT2D eigenvalue weighted by Crippen LogP contribution is -2.32. The van der Waals surface area contributed by atoms with Gasteiger partial charge in [0.25, 0.3) is 0 Å². The molecule has 0 bridgehead atoms. The standard InChI is InChI=1S/C20H36N2O5/c1-2-3-4-5-6-7-8-15-9-17(12-22-20(27)14-24)18(25)10-16(15)11-21-19(26)13-23/h9-10,19-27H,2-8,11-14H2,1H3. The maximum absolute atomic E-state index is 10.3. The first-order valence-electron chi connectivity index (χ1n) is 9.90. The van der Waals surface area contributed by atoms with Gasteiger partial charge in [-0.05, 0) is 30.0 Å². The van der Waals surface area contributed by atoms with Gasteiger partial charge in [0.2, 0.25) is 0 Å².